The molecule has 128 valence electrons. The summed E-state index contributed by atoms with van der Waals surface area (Å²) in [5.74, 6) is 0.836. The number of likely N-dealkylation sites (N-methyl/N-ethyl adjacent to an activating group) is 1. The third-order valence-corrected chi connectivity index (χ3v) is 5.22. The molecule has 0 bridgehead atoms. The molecule has 1 fully saturated rings. The minimum atomic E-state index is -0.564. The van der Waals surface area contributed by atoms with Crippen LogP contribution in [0, 0.1) is 0 Å². The lowest BCUT2D eigenvalue weighted by Gasteiger charge is -2.15. The van der Waals surface area contributed by atoms with E-state index >= 15 is 0 Å². The van der Waals surface area contributed by atoms with Crippen molar-refractivity contribution in [3.63, 3.8) is 0 Å². The average molecular weight is 354 g/mol. The second-order valence-electron chi connectivity index (χ2n) is 6.22. The lowest BCUT2D eigenvalue weighted by Crippen LogP contribution is -2.24. The molecule has 3 N–H and O–H groups in total. The van der Waals surface area contributed by atoms with Crippen LogP contribution >= 0.6 is 11.3 Å². The van der Waals surface area contributed by atoms with E-state index in [1.165, 1.54) is 0 Å². The van der Waals surface area contributed by atoms with Crippen LogP contribution < -0.4 is 11.1 Å². The summed E-state index contributed by atoms with van der Waals surface area (Å²) in [6.07, 6.45) is 2.64. The van der Waals surface area contributed by atoms with Crippen molar-refractivity contribution in [2.75, 3.05) is 25.5 Å². The molecule has 0 spiro atoms. The number of hydrogen-bond donors (Lipinski definition) is 2. The summed E-state index contributed by atoms with van der Waals surface area (Å²) in [6, 6.07) is 5.76. The maximum Gasteiger partial charge on any atom is 0.267 e. The smallest absolute Gasteiger partial charge is 0.267 e. The number of primary amides is 1. The quantitative estimate of drug-likeness (QED) is 0.743. The first-order valence-corrected chi connectivity index (χ1v) is 8.94. The summed E-state index contributed by atoms with van der Waals surface area (Å²) in [5, 5.41) is 5.57. The maximum atomic E-state index is 11.4. The highest BCUT2D eigenvalue weighted by molar-refractivity contribution is 7.17. The number of aromatic nitrogens is 3. The zero-order chi connectivity index (χ0) is 17.4. The number of carbonyl (C=O) groups is 1. The molecule has 0 unspecified atom stereocenters. The molecule has 7 nitrogen and oxygen atoms in total. The molecule has 0 saturated carbocycles. The Kier molecular flexibility index (Phi) is 4.06. The van der Waals surface area contributed by atoms with Crippen LogP contribution in [0.3, 0.4) is 0 Å². The van der Waals surface area contributed by atoms with Crippen molar-refractivity contribution in [2.45, 2.75) is 12.5 Å². The van der Waals surface area contributed by atoms with Gasteiger partial charge in [-0.1, -0.05) is 0 Å². The van der Waals surface area contributed by atoms with Crippen molar-refractivity contribution in [3.8, 4) is 11.4 Å². The first kappa shape index (κ1) is 15.9. The van der Waals surface area contributed by atoms with Crippen molar-refractivity contribution < 1.29 is 4.79 Å². The van der Waals surface area contributed by atoms with Gasteiger partial charge in [-0.05, 0) is 43.6 Å². The summed E-state index contributed by atoms with van der Waals surface area (Å²) in [5.41, 5.74) is 7.15. The lowest BCUT2D eigenvalue weighted by atomic mass is 10.2. The van der Waals surface area contributed by atoms with Gasteiger partial charge in [-0.2, -0.15) is 0 Å². The van der Waals surface area contributed by atoms with Gasteiger partial charge >= 0.3 is 0 Å². The Morgan fingerprint density at radius 1 is 1.40 bits per heavy atom. The molecule has 0 aromatic carbocycles. The number of nitrogens with zero attached hydrogens (tertiary/aromatic N) is 4. The predicted octanol–water partition coefficient (Wildman–Crippen LogP) is 1.97. The first-order valence-electron chi connectivity index (χ1n) is 8.07. The molecule has 4 heterocycles. The molecule has 1 aliphatic heterocycles. The van der Waals surface area contributed by atoms with Gasteiger partial charge in [0.05, 0.1) is 10.2 Å². The Bertz CT molecular complexity index is 940. The second kappa shape index (κ2) is 6.38. The fourth-order valence-electron chi connectivity index (χ4n) is 3.04. The minimum absolute atomic E-state index is 0.207. The summed E-state index contributed by atoms with van der Waals surface area (Å²) in [7, 11) is 2.12. The topological polar surface area (TPSA) is 97.0 Å². The molecule has 8 heteroatoms. The largest absolute Gasteiger partial charge is 0.365 e. The SMILES string of the molecule is CN1CC[C@@H](Nc2nc(-c3ccnc(C(N)=O)c3)nc3ccsc23)C1. The van der Waals surface area contributed by atoms with E-state index in [1.54, 1.807) is 29.7 Å². The van der Waals surface area contributed by atoms with E-state index in [2.05, 4.69) is 27.2 Å². The minimum Gasteiger partial charge on any atom is -0.365 e. The van der Waals surface area contributed by atoms with Crippen molar-refractivity contribution in [1.82, 2.24) is 19.9 Å². The monoisotopic (exact) mass is 354 g/mol. The molecule has 0 radical (unpaired) electrons. The van der Waals surface area contributed by atoms with Crippen LogP contribution in [0.5, 0.6) is 0 Å². The van der Waals surface area contributed by atoms with E-state index in [4.69, 9.17) is 10.7 Å². The molecule has 0 aliphatic carbocycles. The van der Waals surface area contributed by atoms with Gasteiger partial charge in [-0.15, -0.1) is 11.3 Å². The standard InChI is InChI=1S/C17H18N6OS/c1-23-6-3-11(9-23)20-17-14-12(4-7-25-14)21-16(22-17)10-2-5-19-13(8-10)15(18)24/h2,4-5,7-8,11H,3,6,9H2,1H3,(H2,18,24)(H,20,21,22)/t11-/m1/s1. The average Bonchev–Trinajstić information content (AvgIpc) is 3.23. The number of anilines is 1. The van der Waals surface area contributed by atoms with Crippen LogP contribution in [0.1, 0.15) is 16.9 Å². The van der Waals surface area contributed by atoms with Gasteiger partial charge in [0, 0.05) is 24.3 Å². The number of nitrogens with two attached hydrogens (primary N) is 1. The van der Waals surface area contributed by atoms with Crippen LogP contribution in [0.2, 0.25) is 0 Å². The highest BCUT2D eigenvalue weighted by atomic mass is 32.1. The van der Waals surface area contributed by atoms with Crippen LogP contribution in [0.15, 0.2) is 29.8 Å². The van der Waals surface area contributed by atoms with Gasteiger partial charge < -0.3 is 16.0 Å². The zero-order valence-corrected chi connectivity index (χ0v) is 14.6. The van der Waals surface area contributed by atoms with Gasteiger partial charge in [0.2, 0.25) is 0 Å². The van der Waals surface area contributed by atoms with E-state index in [0.29, 0.717) is 11.9 Å². The molecule has 1 atom stereocenters. The molecule has 1 aliphatic rings. The number of hydrogen-bond acceptors (Lipinski definition) is 7. The van der Waals surface area contributed by atoms with Crippen LogP contribution in [-0.4, -0.2) is 51.9 Å². The number of nitrogens with one attached hydrogen (secondary N) is 1. The Balaban J connectivity index is 1.75. The second-order valence-corrected chi connectivity index (χ2v) is 7.13. The van der Waals surface area contributed by atoms with E-state index in [0.717, 1.165) is 41.1 Å². The molecule has 4 rings (SSSR count). The van der Waals surface area contributed by atoms with Gasteiger partial charge in [0.25, 0.3) is 5.91 Å². The normalized spacial score (nSPS) is 17.9. The summed E-state index contributed by atoms with van der Waals surface area (Å²) >= 11 is 1.62. The van der Waals surface area contributed by atoms with Crippen LogP contribution in [0.4, 0.5) is 5.82 Å². The number of amides is 1. The van der Waals surface area contributed by atoms with E-state index in [-0.39, 0.29) is 5.69 Å². The van der Waals surface area contributed by atoms with Crippen LogP contribution in [-0.2, 0) is 0 Å². The Morgan fingerprint density at radius 3 is 3.04 bits per heavy atom. The van der Waals surface area contributed by atoms with E-state index in [9.17, 15) is 4.79 Å². The maximum absolute atomic E-state index is 11.4. The Labute approximate surface area is 148 Å². The van der Waals surface area contributed by atoms with E-state index < -0.39 is 5.91 Å². The lowest BCUT2D eigenvalue weighted by molar-refractivity contribution is 0.0995. The molecule has 25 heavy (non-hydrogen) atoms. The van der Waals surface area contributed by atoms with Gasteiger partial charge in [-0.25, -0.2) is 9.97 Å². The highest BCUT2D eigenvalue weighted by Gasteiger charge is 2.21. The van der Waals surface area contributed by atoms with E-state index in [1.807, 2.05) is 11.4 Å². The third kappa shape index (κ3) is 3.18. The fourth-order valence-corrected chi connectivity index (χ4v) is 3.82. The first-order chi connectivity index (χ1) is 12.1. The molecule has 1 saturated heterocycles. The number of thiophene rings is 1. The zero-order valence-electron chi connectivity index (χ0n) is 13.8. The van der Waals surface area contributed by atoms with Crippen molar-refractivity contribution in [1.29, 1.82) is 0 Å². The molecule has 1 amide bonds. The van der Waals surface area contributed by atoms with Gasteiger partial charge in [0.1, 0.15) is 11.5 Å². The number of pyridine rings is 1. The van der Waals surface area contributed by atoms with Crippen molar-refractivity contribution >= 4 is 33.3 Å². The summed E-state index contributed by atoms with van der Waals surface area (Å²) in [6.45, 7) is 2.07. The van der Waals surface area contributed by atoms with Gasteiger partial charge in [0.15, 0.2) is 5.82 Å². The summed E-state index contributed by atoms with van der Waals surface area (Å²) < 4.78 is 1.04. The third-order valence-electron chi connectivity index (χ3n) is 4.31. The number of carbonyl (C=O) groups excluding carboxylic acids is 1. The number of likely N-dealkylation sites (tertiary alicyclic amines) is 1. The number of fused-ring (bicyclic) bond motifs is 1. The molecule has 3 aromatic rings. The molecule has 3 aromatic heterocycles. The van der Waals surface area contributed by atoms with Crippen LogP contribution in [0.25, 0.3) is 21.6 Å². The predicted molar refractivity (Wildman–Crippen MR) is 98.7 cm³/mol. The fraction of sp³-hybridized carbons (Fsp3) is 0.294. The van der Waals surface area contributed by atoms with Crippen molar-refractivity contribution in [2.24, 2.45) is 5.73 Å². The Hall–Kier alpha value is -2.58. The highest BCUT2D eigenvalue weighted by Crippen LogP contribution is 2.30. The number of rotatable bonds is 4. The molecular weight excluding hydrogens is 336 g/mol. The van der Waals surface area contributed by atoms with Crippen molar-refractivity contribution in [3.05, 3.63) is 35.5 Å². The Morgan fingerprint density at radius 2 is 2.28 bits per heavy atom. The molecular formula is C17H18N6OS. The van der Waals surface area contributed by atoms with Gasteiger partial charge in [-0.3, -0.25) is 9.78 Å². The summed E-state index contributed by atoms with van der Waals surface area (Å²) in [4.78, 5) is 27.0.